The van der Waals surface area contributed by atoms with Crippen LogP contribution in [0.15, 0.2) is 24.3 Å². The smallest absolute Gasteiger partial charge is 0.194 e. The Morgan fingerprint density at radius 2 is 2.06 bits per heavy atom. The van der Waals surface area contributed by atoms with Gasteiger partial charge in [0.05, 0.1) is 6.61 Å². The Hall–Kier alpha value is -1.35. The maximum atomic E-state index is 12.6. The van der Waals surface area contributed by atoms with E-state index in [9.17, 15) is 4.79 Å². The highest BCUT2D eigenvalue weighted by Gasteiger charge is 2.41. The van der Waals surface area contributed by atoms with Gasteiger partial charge in [0.25, 0.3) is 0 Å². The molecule has 98 valence electrons. The van der Waals surface area contributed by atoms with Crippen molar-refractivity contribution >= 4 is 5.78 Å². The number of benzene rings is 1. The number of rotatable bonds is 5. The number of methoxy groups -OCH3 is 1. The molecule has 0 aromatic heterocycles. The Morgan fingerprint density at radius 1 is 1.33 bits per heavy atom. The molecule has 0 bridgehead atoms. The minimum atomic E-state index is -0.606. The average molecular weight is 248 g/mol. The number of hydrogen-bond acceptors (Lipinski definition) is 3. The second-order valence-electron chi connectivity index (χ2n) is 4.70. The Balaban J connectivity index is 2.24. The zero-order valence-electron chi connectivity index (χ0n) is 11.1. The molecule has 0 radical (unpaired) electrons. The van der Waals surface area contributed by atoms with Crippen LogP contribution < -0.4 is 4.74 Å². The highest BCUT2D eigenvalue weighted by molar-refractivity contribution is 6.03. The molecule has 3 nitrogen and oxygen atoms in total. The van der Waals surface area contributed by atoms with Crippen LogP contribution in [0, 0.1) is 0 Å². The number of carbonyl (C=O) groups is 1. The van der Waals surface area contributed by atoms with Gasteiger partial charge in [-0.3, -0.25) is 4.79 Å². The molecule has 3 heteroatoms. The fraction of sp³-hybridized carbons (Fsp3) is 0.533. The van der Waals surface area contributed by atoms with Gasteiger partial charge in [-0.05, 0) is 44.7 Å². The van der Waals surface area contributed by atoms with Crippen LogP contribution in [0.5, 0.6) is 5.75 Å². The van der Waals surface area contributed by atoms with E-state index in [4.69, 9.17) is 9.47 Å². The number of ketones is 1. The van der Waals surface area contributed by atoms with E-state index >= 15 is 0 Å². The maximum absolute atomic E-state index is 12.6. The summed E-state index contributed by atoms with van der Waals surface area (Å²) in [5.41, 5.74) is 0.0786. The van der Waals surface area contributed by atoms with Gasteiger partial charge < -0.3 is 9.47 Å². The summed E-state index contributed by atoms with van der Waals surface area (Å²) in [7, 11) is 1.63. The molecule has 0 atom stereocenters. The Bertz CT molecular complexity index is 420. The minimum absolute atomic E-state index is 0.0871. The molecule has 1 aliphatic rings. The quantitative estimate of drug-likeness (QED) is 0.750. The molecule has 1 fully saturated rings. The molecule has 2 rings (SSSR count). The lowest BCUT2D eigenvalue weighted by molar-refractivity contribution is 0.00600. The van der Waals surface area contributed by atoms with Crippen LogP contribution >= 0.6 is 0 Å². The molecule has 0 N–H and O–H groups in total. The van der Waals surface area contributed by atoms with Gasteiger partial charge in [0, 0.05) is 12.7 Å². The van der Waals surface area contributed by atoms with Gasteiger partial charge in [0.15, 0.2) is 5.78 Å². The molecule has 1 saturated carbocycles. The molecule has 0 unspecified atom stereocenters. The van der Waals surface area contributed by atoms with Gasteiger partial charge in [0.2, 0.25) is 0 Å². The Kier molecular flexibility index (Phi) is 4.02. The van der Waals surface area contributed by atoms with Crippen LogP contribution in [0.4, 0.5) is 0 Å². The summed E-state index contributed by atoms with van der Waals surface area (Å²) < 4.78 is 11.0. The first kappa shape index (κ1) is 13.1. The van der Waals surface area contributed by atoms with E-state index in [2.05, 4.69) is 0 Å². The molecule has 0 amide bonds. The van der Waals surface area contributed by atoms with E-state index in [0.717, 1.165) is 31.4 Å². The molecule has 0 saturated heterocycles. The largest absolute Gasteiger partial charge is 0.494 e. The second kappa shape index (κ2) is 5.53. The Morgan fingerprint density at radius 3 is 2.67 bits per heavy atom. The molecule has 0 heterocycles. The maximum Gasteiger partial charge on any atom is 0.194 e. The van der Waals surface area contributed by atoms with Crippen molar-refractivity contribution in [2.45, 2.75) is 38.2 Å². The van der Waals surface area contributed by atoms with Crippen LogP contribution in [0.2, 0.25) is 0 Å². The van der Waals surface area contributed by atoms with Gasteiger partial charge in [-0.15, -0.1) is 0 Å². The number of hydrogen-bond donors (Lipinski definition) is 0. The monoisotopic (exact) mass is 248 g/mol. The van der Waals surface area contributed by atoms with E-state index in [1.165, 1.54) is 0 Å². The zero-order valence-corrected chi connectivity index (χ0v) is 11.1. The van der Waals surface area contributed by atoms with Crippen molar-refractivity contribution in [2.24, 2.45) is 0 Å². The van der Waals surface area contributed by atoms with Crippen molar-refractivity contribution < 1.29 is 14.3 Å². The summed E-state index contributed by atoms with van der Waals surface area (Å²) >= 11 is 0. The summed E-state index contributed by atoms with van der Waals surface area (Å²) in [6.07, 6.45) is 3.76. The highest BCUT2D eigenvalue weighted by atomic mass is 16.5. The zero-order chi connectivity index (χ0) is 13.0. The SMILES string of the molecule is CCOc1cccc(C(=O)C2(OC)CCCC2)c1. The second-order valence-corrected chi connectivity index (χ2v) is 4.70. The van der Waals surface area contributed by atoms with E-state index in [1.807, 2.05) is 31.2 Å². The standard InChI is InChI=1S/C15H20O3/c1-3-18-13-8-6-7-12(11-13)14(16)15(17-2)9-4-5-10-15/h6-8,11H,3-5,9-10H2,1-2H3. The van der Waals surface area contributed by atoms with E-state index in [0.29, 0.717) is 12.2 Å². The van der Waals surface area contributed by atoms with Gasteiger partial charge in [0.1, 0.15) is 11.4 Å². The van der Waals surface area contributed by atoms with E-state index < -0.39 is 5.60 Å². The lowest BCUT2D eigenvalue weighted by Gasteiger charge is -2.25. The predicted octanol–water partition coefficient (Wildman–Crippen LogP) is 3.23. The van der Waals surface area contributed by atoms with Crippen molar-refractivity contribution in [3.05, 3.63) is 29.8 Å². The van der Waals surface area contributed by atoms with Gasteiger partial charge in [-0.1, -0.05) is 12.1 Å². The van der Waals surface area contributed by atoms with Crippen LogP contribution in [0.1, 0.15) is 43.0 Å². The normalized spacial score (nSPS) is 17.7. The lowest BCUT2D eigenvalue weighted by atomic mass is 9.91. The molecule has 1 aromatic rings. The van der Waals surface area contributed by atoms with Gasteiger partial charge in [-0.2, -0.15) is 0 Å². The average Bonchev–Trinajstić information content (AvgIpc) is 2.88. The van der Waals surface area contributed by atoms with E-state index in [1.54, 1.807) is 7.11 Å². The molecular weight excluding hydrogens is 228 g/mol. The third-order valence-corrected chi connectivity index (χ3v) is 3.62. The van der Waals surface area contributed by atoms with Crippen molar-refractivity contribution in [2.75, 3.05) is 13.7 Å². The van der Waals surface area contributed by atoms with Crippen LogP contribution in [-0.2, 0) is 4.74 Å². The van der Waals surface area contributed by atoms with Crippen molar-refractivity contribution in [3.63, 3.8) is 0 Å². The summed E-state index contributed by atoms with van der Waals surface area (Å²) in [6, 6.07) is 7.37. The number of carbonyl (C=O) groups excluding carboxylic acids is 1. The van der Waals surface area contributed by atoms with Gasteiger partial charge in [-0.25, -0.2) is 0 Å². The van der Waals surface area contributed by atoms with Crippen molar-refractivity contribution in [1.29, 1.82) is 0 Å². The summed E-state index contributed by atoms with van der Waals surface area (Å²) in [5.74, 6) is 0.830. The molecular formula is C15H20O3. The van der Waals surface area contributed by atoms with E-state index in [-0.39, 0.29) is 5.78 Å². The molecule has 18 heavy (non-hydrogen) atoms. The number of ether oxygens (including phenoxy) is 2. The minimum Gasteiger partial charge on any atom is -0.494 e. The Labute approximate surface area is 108 Å². The third-order valence-electron chi connectivity index (χ3n) is 3.62. The molecule has 1 aromatic carbocycles. The summed E-state index contributed by atoms with van der Waals surface area (Å²) in [4.78, 5) is 12.6. The lowest BCUT2D eigenvalue weighted by Crippen LogP contribution is -2.37. The first-order valence-corrected chi connectivity index (χ1v) is 6.54. The van der Waals surface area contributed by atoms with Crippen LogP contribution in [0.25, 0.3) is 0 Å². The number of Topliss-reactive ketones (excluding diaryl/α,β-unsaturated/α-hetero) is 1. The first-order valence-electron chi connectivity index (χ1n) is 6.54. The van der Waals surface area contributed by atoms with Crippen LogP contribution in [-0.4, -0.2) is 25.1 Å². The first-order chi connectivity index (χ1) is 8.72. The molecule has 0 aliphatic heterocycles. The summed E-state index contributed by atoms with van der Waals surface area (Å²) in [5, 5.41) is 0. The highest BCUT2D eigenvalue weighted by Crippen LogP contribution is 2.36. The molecule has 0 spiro atoms. The topological polar surface area (TPSA) is 35.5 Å². The van der Waals surface area contributed by atoms with Gasteiger partial charge >= 0.3 is 0 Å². The fourth-order valence-corrected chi connectivity index (χ4v) is 2.63. The molecule has 1 aliphatic carbocycles. The predicted molar refractivity (Wildman–Crippen MR) is 70.1 cm³/mol. The summed E-state index contributed by atoms with van der Waals surface area (Å²) in [6.45, 7) is 2.54. The fourth-order valence-electron chi connectivity index (χ4n) is 2.63. The van der Waals surface area contributed by atoms with Crippen molar-refractivity contribution in [1.82, 2.24) is 0 Å². The third kappa shape index (κ3) is 2.41. The van der Waals surface area contributed by atoms with Crippen LogP contribution in [0.3, 0.4) is 0 Å². The van der Waals surface area contributed by atoms with Crippen molar-refractivity contribution in [3.8, 4) is 5.75 Å².